The van der Waals surface area contributed by atoms with E-state index in [1.807, 2.05) is 12.4 Å². The Hall–Kier alpha value is -3.55. The summed E-state index contributed by atoms with van der Waals surface area (Å²) in [4.78, 5) is 32.9. The monoisotopic (exact) mass is 506 g/mol. The average Bonchev–Trinajstić information content (AvgIpc) is 3.49. The molecule has 0 saturated carbocycles. The molecule has 0 radical (unpaired) electrons. The second-order valence-electron chi connectivity index (χ2n) is 11.5. The van der Waals surface area contributed by atoms with Gasteiger partial charge >= 0.3 is 0 Å². The molecule has 0 unspecified atom stereocenters. The van der Waals surface area contributed by atoms with E-state index in [4.69, 9.17) is 4.98 Å². The van der Waals surface area contributed by atoms with Crippen molar-refractivity contribution in [2.45, 2.75) is 24.7 Å². The third kappa shape index (κ3) is 3.92. The molecule has 1 N–H and O–H groups in total. The van der Waals surface area contributed by atoms with Gasteiger partial charge in [0.2, 0.25) is 0 Å². The first-order valence-corrected chi connectivity index (χ1v) is 13.7. The van der Waals surface area contributed by atoms with Gasteiger partial charge in [-0.3, -0.25) is 4.79 Å². The van der Waals surface area contributed by atoms with Gasteiger partial charge in [0.05, 0.1) is 0 Å². The number of carbonyl (C=O) groups excluding carboxylic acids is 1. The number of likely N-dealkylation sites (tertiary alicyclic amines) is 1. The van der Waals surface area contributed by atoms with E-state index < -0.39 is 0 Å². The Bertz CT molecular complexity index is 1520. The van der Waals surface area contributed by atoms with Crippen LogP contribution in [0.15, 0.2) is 55.0 Å². The third-order valence-corrected chi connectivity index (χ3v) is 9.08. The van der Waals surface area contributed by atoms with Crippen molar-refractivity contribution in [3.05, 3.63) is 66.1 Å². The van der Waals surface area contributed by atoms with Gasteiger partial charge in [0.15, 0.2) is 5.78 Å². The minimum absolute atomic E-state index is 0.0127. The number of aromatic amines is 1. The normalized spacial score (nSPS) is 19.9. The smallest absolute Gasteiger partial charge is 0.164 e. The summed E-state index contributed by atoms with van der Waals surface area (Å²) in [6.07, 6.45) is 8.65. The maximum Gasteiger partial charge on any atom is 0.164 e. The number of piperidine rings is 1. The van der Waals surface area contributed by atoms with Crippen LogP contribution in [-0.4, -0.2) is 83.9 Å². The van der Waals surface area contributed by atoms with Crippen molar-refractivity contribution in [3.63, 3.8) is 0 Å². The average molecular weight is 507 g/mol. The standard InChI is InChI=1S/C31H34N6O/c1-35-9-6-31(7-10-35)18-28(38)24-4-3-22(16-27(24)31)26-20-34-30-25(26)15-23(19-33-30)21-5-8-32-29(17-21)37-13-11-36(2)12-14-37/h3-5,8,15-17,19-20H,6-7,9-14,18H2,1-2H3,(H,33,34). The van der Waals surface area contributed by atoms with E-state index in [0.717, 1.165) is 96.8 Å². The number of anilines is 1. The Morgan fingerprint density at radius 1 is 0.816 bits per heavy atom. The number of hydrogen-bond acceptors (Lipinski definition) is 6. The second kappa shape index (κ2) is 9.03. The fraction of sp³-hybridized carbons (Fsp3) is 0.387. The molecule has 2 aliphatic heterocycles. The van der Waals surface area contributed by atoms with E-state index in [2.05, 4.69) is 81.4 Å². The largest absolute Gasteiger partial charge is 0.354 e. The summed E-state index contributed by atoms with van der Waals surface area (Å²) in [7, 11) is 4.34. The summed E-state index contributed by atoms with van der Waals surface area (Å²) in [6, 6.07) is 12.9. The summed E-state index contributed by atoms with van der Waals surface area (Å²) >= 11 is 0. The molecule has 0 amide bonds. The van der Waals surface area contributed by atoms with Gasteiger partial charge in [-0.15, -0.1) is 0 Å². The van der Waals surface area contributed by atoms with E-state index >= 15 is 0 Å². The first-order chi connectivity index (χ1) is 18.5. The van der Waals surface area contributed by atoms with Gasteiger partial charge in [-0.05, 0) is 81.0 Å². The number of rotatable bonds is 3. The SMILES string of the molecule is CN1CCN(c2cc(-c3cnc4[nH]cc(-c5ccc6c(c5)C5(CCN(C)CC5)CC6=O)c4c3)ccn2)CC1. The number of ketones is 1. The summed E-state index contributed by atoms with van der Waals surface area (Å²) in [5.41, 5.74) is 7.52. The number of nitrogens with zero attached hydrogens (tertiary/aromatic N) is 5. The van der Waals surface area contributed by atoms with Crippen LogP contribution in [-0.2, 0) is 5.41 Å². The van der Waals surface area contributed by atoms with Crippen molar-refractivity contribution < 1.29 is 4.79 Å². The van der Waals surface area contributed by atoms with Gasteiger partial charge < -0.3 is 19.7 Å². The van der Waals surface area contributed by atoms with Gasteiger partial charge in [-0.2, -0.15) is 0 Å². The van der Waals surface area contributed by atoms with Gasteiger partial charge in [-0.25, -0.2) is 9.97 Å². The molecule has 38 heavy (non-hydrogen) atoms. The highest BCUT2D eigenvalue weighted by atomic mass is 16.1. The quantitative estimate of drug-likeness (QED) is 0.438. The Kier molecular flexibility index (Phi) is 5.60. The van der Waals surface area contributed by atoms with Crippen molar-refractivity contribution in [2.75, 3.05) is 58.3 Å². The molecule has 5 heterocycles. The molecule has 2 saturated heterocycles. The lowest BCUT2D eigenvalue weighted by atomic mass is 9.73. The van der Waals surface area contributed by atoms with Crippen molar-refractivity contribution in [1.82, 2.24) is 24.8 Å². The highest BCUT2D eigenvalue weighted by Gasteiger charge is 2.44. The molecule has 1 aromatic carbocycles. The third-order valence-electron chi connectivity index (χ3n) is 9.08. The Morgan fingerprint density at radius 3 is 2.42 bits per heavy atom. The molecule has 1 aliphatic carbocycles. The van der Waals surface area contributed by atoms with Crippen molar-refractivity contribution in [2.24, 2.45) is 0 Å². The van der Waals surface area contributed by atoms with E-state index in [1.54, 1.807) is 0 Å². The number of Topliss-reactive ketones (excluding diaryl/α,β-unsaturated/α-hetero) is 1. The minimum Gasteiger partial charge on any atom is -0.354 e. The summed E-state index contributed by atoms with van der Waals surface area (Å²) in [6.45, 7) is 6.17. The number of pyridine rings is 2. The minimum atomic E-state index is -0.0127. The number of nitrogens with one attached hydrogen (secondary N) is 1. The Morgan fingerprint density at radius 2 is 1.61 bits per heavy atom. The number of carbonyl (C=O) groups is 1. The zero-order valence-electron chi connectivity index (χ0n) is 22.2. The molecule has 7 rings (SSSR count). The maximum atomic E-state index is 12.9. The summed E-state index contributed by atoms with van der Waals surface area (Å²) in [5.74, 6) is 1.32. The number of aromatic nitrogens is 3. The lowest BCUT2D eigenvalue weighted by molar-refractivity contribution is 0.0945. The van der Waals surface area contributed by atoms with Crippen molar-refractivity contribution >= 4 is 22.6 Å². The maximum absolute atomic E-state index is 12.9. The van der Waals surface area contributed by atoms with Crippen LogP contribution in [0, 0.1) is 0 Å². The molecule has 3 aliphatic rings. The molecule has 4 aromatic rings. The van der Waals surface area contributed by atoms with Gasteiger partial charge in [-0.1, -0.05) is 12.1 Å². The molecule has 2 fully saturated rings. The van der Waals surface area contributed by atoms with Crippen LogP contribution in [0.2, 0.25) is 0 Å². The Balaban J connectivity index is 1.25. The number of H-pyrrole nitrogens is 1. The molecular weight excluding hydrogens is 472 g/mol. The van der Waals surface area contributed by atoms with E-state index in [0.29, 0.717) is 12.2 Å². The molecular formula is C31H34N6O. The van der Waals surface area contributed by atoms with Crippen LogP contribution < -0.4 is 4.90 Å². The number of likely N-dealkylation sites (N-methyl/N-ethyl adjacent to an activating group) is 1. The molecule has 3 aromatic heterocycles. The first kappa shape index (κ1) is 23.6. The lowest BCUT2D eigenvalue weighted by Gasteiger charge is -2.38. The van der Waals surface area contributed by atoms with Gasteiger partial charge in [0.1, 0.15) is 11.5 Å². The Labute approximate surface area is 223 Å². The highest BCUT2D eigenvalue weighted by molar-refractivity contribution is 6.04. The molecule has 7 heteroatoms. The highest BCUT2D eigenvalue weighted by Crippen LogP contribution is 2.47. The molecule has 7 nitrogen and oxygen atoms in total. The van der Waals surface area contributed by atoms with E-state index in [-0.39, 0.29) is 5.41 Å². The first-order valence-electron chi connectivity index (χ1n) is 13.7. The van der Waals surface area contributed by atoms with Crippen LogP contribution in [0.25, 0.3) is 33.3 Å². The molecule has 0 bridgehead atoms. The van der Waals surface area contributed by atoms with Crippen LogP contribution in [0.3, 0.4) is 0 Å². The van der Waals surface area contributed by atoms with Crippen LogP contribution in [0.5, 0.6) is 0 Å². The number of fused-ring (bicyclic) bond motifs is 3. The molecule has 0 atom stereocenters. The topological polar surface area (TPSA) is 68.4 Å². The van der Waals surface area contributed by atoms with Crippen molar-refractivity contribution in [3.8, 4) is 22.3 Å². The van der Waals surface area contributed by atoms with Crippen LogP contribution in [0.4, 0.5) is 5.82 Å². The van der Waals surface area contributed by atoms with Gasteiger partial charge in [0, 0.05) is 78.7 Å². The van der Waals surface area contributed by atoms with Gasteiger partial charge in [0.25, 0.3) is 0 Å². The van der Waals surface area contributed by atoms with Crippen LogP contribution in [0.1, 0.15) is 35.2 Å². The van der Waals surface area contributed by atoms with E-state index in [9.17, 15) is 4.79 Å². The molecule has 194 valence electrons. The molecule has 1 spiro atoms. The zero-order chi connectivity index (χ0) is 25.9. The van der Waals surface area contributed by atoms with E-state index in [1.165, 1.54) is 5.56 Å². The fourth-order valence-corrected chi connectivity index (χ4v) is 6.59. The fourth-order valence-electron chi connectivity index (χ4n) is 6.59. The number of benzene rings is 1. The summed E-state index contributed by atoms with van der Waals surface area (Å²) in [5, 5.41) is 1.10. The van der Waals surface area contributed by atoms with Crippen LogP contribution >= 0.6 is 0 Å². The predicted molar refractivity (Wildman–Crippen MR) is 152 cm³/mol. The number of piperazine rings is 1. The second-order valence-corrected chi connectivity index (χ2v) is 11.5. The zero-order valence-corrected chi connectivity index (χ0v) is 22.2. The summed E-state index contributed by atoms with van der Waals surface area (Å²) < 4.78 is 0. The van der Waals surface area contributed by atoms with Crippen molar-refractivity contribution in [1.29, 1.82) is 0 Å². The number of hydrogen-bond donors (Lipinski definition) is 1. The lowest BCUT2D eigenvalue weighted by Crippen LogP contribution is -2.44. The predicted octanol–water partition coefficient (Wildman–Crippen LogP) is 4.59.